The molecule has 0 aliphatic carbocycles. The van der Waals surface area contributed by atoms with E-state index in [4.69, 9.17) is 16.7 Å². The van der Waals surface area contributed by atoms with Crippen molar-refractivity contribution in [2.75, 3.05) is 17.2 Å². The predicted molar refractivity (Wildman–Crippen MR) is 154 cm³/mol. The number of para-hydroxylation sites is 1. The monoisotopic (exact) mass is 529 g/mol. The van der Waals surface area contributed by atoms with Gasteiger partial charge in [-0.2, -0.15) is 5.10 Å². The van der Waals surface area contributed by atoms with Crippen molar-refractivity contribution in [1.82, 2.24) is 14.7 Å². The maximum absolute atomic E-state index is 13.4. The minimum absolute atomic E-state index is 0.144. The molecule has 3 aromatic carbocycles. The summed E-state index contributed by atoms with van der Waals surface area (Å²) in [7, 11) is 0. The normalized spacial score (nSPS) is 10.9. The van der Waals surface area contributed by atoms with E-state index in [1.807, 2.05) is 95.3 Å². The Balaban J connectivity index is 1.64. The van der Waals surface area contributed by atoms with Crippen molar-refractivity contribution in [2.45, 2.75) is 40.7 Å². The molecule has 0 fully saturated rings. The van der Waals surface area contributed by atoms with Crippen LogP contribution in [0.2, 0.25) is 5.02 Å². The number of benzene rings is 3. The maximum Gasteiger partial charge on any atom is 0.322 e. The van der Waals surface area contributed by atoms with E-state index in [0.717, 1.165) is 33.6 Å². The lowest BCUT2D eigenvalue weighted by Gasteiger charge is -2.26. The third kappa shape index (κ3) is 5.89. The van der Waals surface area contributed by atoms with Gasteiger partial charge in [0, 0.05) is 22.3 Å². The summed E-state index contributed by atoms with van der Waals surface area (Å²) >= 11 is 6.22. The summed E-state index contributed by atoms with van der Waals surface area (Å²) in [5.74, 6) is 0.227. The Morgan fingerprint density at radius 2 is 1.61 bits per heavy atom. The number of rotatable bonds is 7. The zero-order chi connectivity index (χ0) is 27.4. The molecule has 0 aliphatic heterocycles. The molecule has 1 heterocycles. The van der Waals surface area contributed by atoms with Crippen LogP contribution in [0.15, 0.2) is 72.8 Å². The molecule has 0 unspecified atom stereocenters. The van der Waals surface area contributed by atoms with Gasteiger partial charge in [0.25, 0.3) is 0 Å². The number of aryl methyl sites for hydroxylation is 3. The number of anilines is 2. The molecule has 8 heteroatoms. The molecule has 3 amide bonds. The number of halogens is 1. The Bertz CT molecular complexity index is 1460. The molecule has 0 spiro atoms. The Kier molecular flexibility index (Phi) is 8.17. The molecule has 7 nitrogen and oxygen atoms in total. The first-order valence-corrected chi connectivity index (χ1v) is 12.9. The van der Waals surface area contributed by atoms with Crippen LogP contribution in [0.5, 0.6) is 0 Å². The van der Waals surface area contributed by atoms with Gasteiger partial charge >= 0.3 is 6.03 Å². The fourth-order valence-electron chi connectivity index (χ4n) is 4.25. The minimum Gasteiger partial charge on any atom is -0.313 e. The standard InChI is InChI=1S/C30H32ClN5O2/c1-19(2)35(30(38)32-24-16-15-20(3)25(31)17-24)18-27(37)33-29-28(23-12-7-6-8-13-23)22(5)34-36(29)26-14-10-9-11-21(26)4/h6-17,19H,18H2,1-5H3,(H,32,38)(H,33,37). The molecule has 4 rings (SSSR count). The van der Waals surface area contributed by atoms with E-state index in [-0.39, 0.29) is 24.5 Å². The zero-order valence-electron chi connectivity index (χ0n) is 22.2. The summed E-state index contributed by atoms with van der Waals surface area (Å²) in [5, 5.41) is 11.3. The van der Waals surface area contributed by atoms with E-state index in [0.29, 0.717) is 16.5 Å². The number of nitrogens with one attached hydrogen (secondary N) is 2. The number of urea groups is 1. The second-order valence-electron chi connectivity index (χ2n) is 9.54. The quantitative estimate of drug-likeness (QED) is 0.270. The first-order chi connectivity index (χ1) is 18.2. The zero-order valence-corrected chi connectivity index (χ0v) is 23.0. The van der Waals surface area contributed by atoms with Crippen LogP contribution in [0.3, 0.4) is 0 Å². The topological polar surface area (TPSA) is 79.3 Å². The van der Waals surface area contributed by atoms with Crippen molar-refractivity contribution in [3.63, 3.8) is 0 Å². The van der Waals surface area contributed by atoms with E-state index < -0.39 is 0 Å². The van der Waals surface area contributed by atoms with Crippen LogP contribution in [0, 0.1) is 20.8 Å². The van der Waals surface area contributed by atoms with Crippen molar-refractivity contribution in [1.29, 1.82) is 0 Å². The van der Waals surface area contributed by atoms with Gasteiger partial charge in [0.2, 0.25) is 5.91 Å². The van der Waals surface area contributed by atoms with E-state index in [1.54, 1.807) is 16.8 Å². The molecule has 0 radical (unpaired) electrons. The molecule has 0 bridgehead atoms. The molecule has 196 valence electrons. The lowest BCUT2D eigenvalue weighted by molar-refractivity contribution is -0.117. The first-order valence-electron chi connectivity index (χ1n) is 12.5. The fourth-order valence-corrected chi connectivity index (χ4v) is 4.43. The third-order valence-electron chi connectivity index (χ3n) is 6.35. The Labute approximate surface area is 228 Å². The van der Waals surface area contributed by atoms with Crippen molar-refractivity contribution in [3.8, 4) is 16.8 Å². The van der Waals surface area contributed by atoms with Crippen LogP contribution in [0.25, 0.3) is 16.8 Å². The van der Waals surface area contributed by atoms with Gasteiger partial charge < -0.3 is 15.5 Å². The second kappa shape index (κ2) is 11.5. The summed E-state index contributed by atoms with van der Waals surface area (Å²) < 4.78 is 1.76. The van der Waals surface area contributed by atoms with Crippen molar-refractivity contribution < 1.29 is 9.59 Å². The Morgan fingerprint density at radius 3 is 2.26 bits per heavy atom. The summed E-state index contributed by atoms with van der Waals surface area (Å²) in [5.41, 5.74) is 5.92. The van der Waals surface area contributed by atoms with Crippen molar-refractivity contribution >= 4 is 35.0 Å². The van der Waals surface area contributed by atoms with Crippen LogP contribution < -0.4 is 10.6 Å². The van der Waals surface area contributed by atoms with Gasteiger partial charge in [-0.05, 0) is 69.5 Å². The molecule has 0 saturated carbocycles. The smallest absolute Gasteiger partial charge is 0.313 e. The van der Waals surface area contributed by atoms with Gasteiger partial charge in [0.05, 0.1) is 11.4 Å². The summed E-state index contributed by atoms with van der Waals surface area (Å²) in [4.78, 5) is 28.1. The molecular formula is C30H32ClN5O2. The van der Waals surface area contributed by atoms with Crippen LogP contribution in [0.1, 0.15) is 30.7 Å². The summed E-state index contributed by atoms with van der Waals surface area (Å²) in [6.45, 7) is 9.41. The summed E-state index contributed by atoms with van der Waals surface area (Å²) in [6.07, 6.45) is 0. The minimum atomic E-state index is -0.387. The lowest BCUT2D eigenvalue weighted by atomic mass is 10.1. The fraction of sp³-hybridized carbons (Fsp3) is 0.233. The van der Waals surface area contributed by atoms with E-state index in [1.165, 1.54) is 4.90 Å². The van der Waals surface area contributed by atoms with Crippen molar-refractivity contribution in [2.24, 2.45) is 0 Å². The molecular weight excluding hydrogens is 498 g/mol. The molecule has 0 saturated heterocycles. The molecule has 0 aliphatic rings. The van der Waals surface area contributed by atoms with Crippen LogP contribution in [0.4, 0.5) is 16.3 Å². The van der Waals surface area contributed by atoms with E-state index in [9.17, 15) is 9.59 Å². The van der Waals surface area contributed by atoms with Crippen LogP contribution >= 0.6 is 11.6 Å². The van der Waals surface area contributed by atoms with E-state index in [2.05, 4.69) is 10.6 Å². The van der Waals surface area contributed by atoms with Crippen LogP contribution in [-0.4, -0.2) is 39.2 Å². The number of hydrogen-bond acceptors (Lipinski definition) is 3. The Hall–Kier alpha value is -4.10. The maximum atomic E-state index is 13.4. The van der Waals surface area contributed by atoms with Gasteiger partial charge in [-0.25, -0.2) is 9.48 Å². The highest BCUT2D eigenvalue weighted by atomic mass is 35.5. The molecule has 1 aromatic heterocycles. The number of nitrogens with zero attached hydrogens (tertiary/aromatic N) is 3. The number of carbonyl (C=O) groups is 2. The number of carbonyl (C=O) groups excluding carboxylic acids is 2. The average molecular weight is 530 g/mol. The number of amides is 3. The lowest BCUT2D eigenvalue weighted by Crippen LogP contribution is -2.44. The highest BCUT2D eigenvalue weighted by Gasteiger charge is 2.24. The van der Waals surface area contributed by atoms with Crippen LogP contribution in [-0.2, 0) is 4.79 Å². The summed E-state index contributed by atoms with van der Waals surface area (Å²) in [6, 6.07) is 22.4. The first kappa shape index (κ1) is 26.9. The van der Waals surface area contributed by atoms with Gasteiger partial charge in [0.1, 0.15) is 12.4 Å². The second-order valence-corrected chi connectivity index (χ2v) is 9.94. The van der Waals surface area contributed by atoms with E-state index >= 15 is 0 Å². The molecule has 2 N–H and O–H groups in total. The van der Waals surface area contributed by atoms with Gasteiger partial charge in [0.15, 0.2) is 0 Å². The number of aromatic nitrogens is 2. The number of hydrogen-bond donors (Lipinski definition) is 2. The highest BCUT2D eigenvalue weighted by molar-refractivity contribution is 6.31. The van der Waals surface area contributed by atoms with Crippen molar-refractivity contribution in [3.05, 3.63) is 94.6 Å². The van der Waals surface area contributed by atoms with Gasteiger partial charge in [-0.15, -0.1) is 0 Å². The molecule has 0 atom stereocenters. The average Bonchev–Trinajstić information content (AvgIpc) is 3.20. The highest BCUT2D eigenvalue weighted by Crippen LogP contribution is 2.34. The largest absolute Gasteiger partial charge is 0.322 e. The van der Waals surface area contributed by atoms with Gasteiger partial charge in [-0.1, -0.05) is 66.2 Å². The Morgan fingerprint density at radius 1 is 0.921 bits per heavy atom. The SMILES string of the molecule is Cc1ccc(NC(=O)N(CC(=O)Nc2c(-c3ccccc3)c(C)nn2-c2ccccc2C)C(C)C)cc1Cl. The molecule has 4 aromatic rings. The van der Waals surface area contributed by atoms with Gasteiger partial charge in [-0.3, -0.25) is 4.79 Å². The molecule has 38 heavy (non-hydrogen) atoms. The predicted octanol–water partition coefficient (Wildman–Crippen LogP) is 7.00. The third-order valence-corrected chi connectivity index (χ3v) is 6.75.